The van der Waals surface area contributed by atoms with Gasteiger partial charge < -0.3 is 9.73 Å². The molecular formula is C18H19NO. The topological polar surface area (TPSA) is 25.2 Å². The Balaban J connectivity index is 2.09. The van der Waals surface area contributed by atoms with Gasteiger partial charge in [-0.2, -0.15) is 0 Å². The number of furan rings is 1. The quantitative estimate of drug-likeness (QED) is 0.761. The summed E-state index contributed by atoms with van der Waals surface area (Å²) in [5.74, 6) is 1.94. The lowest BCUT2D eigenvalue weighted by molar-refractivity contribution is 0.497. The predicted molar refractivity (Wildman–Crippen MR) is 83.0 cm³/mol. The molecule has 0 aliphatic carbocycles. The summed E-state index contributed by atoms with van der Waals surface area (Å²) >= 11 is 0. The summed E-state index contributed by atoms with van der Waals surface area (Å²) in [5.41, 5.74) is 2.47. The third-order valence-corrected chi connectivity index (χ3v) is 3.79. The van der Waals surface area contributed by atoms with E-state index in [1.165, 1.54) is 21.9 Å². The molecular weight excluding hydrogens is 246 g/mol. The first kappa shape index (κ1) is 12.9. The largest absolute Gasteiger partial charge is 0.466 e. The van der Waals surface area contributed by atoms with Crippen molar-refractivity contribution >= 4 is 10.8 Å². The highest BCUT2D eigenvalue weighted by molar-refractivity contribution is 5.83. The third kappa shape index (κ3) is 2.23. The van der Waals surface area contributed by atoms with Crippen LogP contribution in [0.5, 0.6) is 0 Å². The van der Waals surface area contributed by atoms with Gasteiger partial charge in [0.25, 0.3) is 0 Å². The second-order valence-corrected chi connectivity index (χ2v) is 5.20. The molecule has 1 aromatic heterocycles. The van der Waals surface area contributed by atoms with Crippen LogP contribution in [0.15, 0.2) is 52.9 Å². The van der Waals surface area contributed by atoms with Crippen molar-refractivity contribution in [2.75, 3.05) is 7.05 Å². The van der Waals surface area contributed by atoms with Crippen LogP contribution in [0.25, 0.3) is 10.8 Å². The van der Waals surface area contributed by atoms with Gasteiger partial charge in [-0.1, -0.05) is 36.4 Å². The van der Waals surface area contributed by atoms with E-state index in [-0.39, 0.29) is 6.04 Å². The molecule has 0 aliphatic rings. The Kier molecular flexibility index (Phi) is 3.33. The number of hydrogen-bond acceptors (Lipinski definition) is 2. The van der Waals surface area contributed by atoms with Gasteiger partial charge in [-0.15, -0.1) is 0 Å². The summed E-state index contributed by atoms with van der Waals surface area (Å²) in [7, 11) is 1.99. The maximum atomic E-state index is 5.67. The SMILES string of the molecule is CNC(c1ccc2ccccc2c1)c1cc(C)oc1C. The van der Waals surface area contributed by atoms with E-state index < -0.39 is 0 Å². The number of aryl methyl sites for hydroxylation is 2. The molecule has 0 aliphatic heterocycles. The van der Waals surface area contributed by atoms with Crippen LogP contribution in [0.4, 0.5) is 0 Å². The van der Waals surface area contributed by atoms with E-state index in [0.29, 0.717) is 0 Å². The Bertz CT molecular complexity index is 742. The highest BCUT2D eigenvalue weighted by Gasteiger charge is 2.17. The summed E-state index contributed by atoms with van der Waals surface area (Å²) in [4.78, 5) is 0. The van der Waals surface area contributed by atoms with E-state index in [2.05, 4.69) is 53.8 Å². The molecule has 0 fully saturated rings. The van der Waals surface area contributed by atoms with Crippen LogP contribution in [-0.2, 0) is 0 Å². The molecule has 2 heteroatoms. The second-order valence-electron chi connectivity index (χ2n) is 5.20. The fourth-order valence-electron chi connectivity index (χ4n) is 2.83. The van der Waals surface area contributed by atoms with Gasteiger partial charge in [-0.25, -0.2) is 0 Å². The lowest BCUT2D eigenvalue weighted by atomic mass is 9.96. The Morgan fingerprint density at radius 1 is 0.950 bits per heavy atom. The predicted octanol–water partition coefficient (Wildman–Crippen LogP) is 4.36. The monoisotopic (exact) mass is 265 g/mol. The van der Waals surface area contributed by atoms with Crippen molar-refractivity contribution in [1.82, 2.24) is 5.32 Å². The van der Waals surface area contributed by atoms with Gasteiger partial charge in [0.2, 0.25) is 0 Å². The molecule has 0 saturated heterocycles. The van der Waals surface area contributed by atoms with Crippen LogP contribution in [0.1, 0.15) is 28.7 Å². The normalized spacial score (nSPS) is 12.8. The molecule has 3 rings (SSSR count). The van der Waals surface area contributed by atoms with E-state index in [1.807, 2.05) is 20.9 Å². The molecule has 1 unspecified atom stereocenters. The number of hydrogen-bond donors (Lipinski definition) is 1. The first-order valence-corrected chi connectivity index (χ1v) is 6.92. The fourth-order valence-corrected chi connectivity index (χ4v) is 2.83. The molecule has 20 heavy (non-hydrogen) atoms. The van der Waals surface area contributed by atoms with E-state index in [0.717, 1.165) is 11.5 Å². The average molecular weight is 265 g/mol. The van der Waals surface area contributed by atoms with Crippen LogP contribution in [0.3, 0.4) is 0 Å². The van der Waals surface area contributed by atoms with Crippen molar-refractivity contribution in [2.45, 2.75) is 19.9 Å². The van der Waals surface area contributed by atoms with Crippen molar-refractivity contribution in [3.05, 3.63) is 71.2 Å². The zero-order valence-electron chi connectivity index (χ0n) is 12.1. The van der Waals surface area contributed by atoms with Crippen LogP contribution in [-0.4, -0.2) is 7.05 Å². The molecule has 1 N–H and O–H groups in total. The van der Waals surface area contributed by atoms with Crippen LogP contribution in [0, 0.1) is 13.8 Å². The van der Waals surface area contributed by atoms with Crippen molar-refractivity contribution < 1.29 is 4.42 Å². The molecule has 0 radical (unpaired) electrons. The minimum Gasteiger partial charge on any atom is -0.466 e. The minimum atomic E-state index is 0.164. The lowest BCUT2D eigenvalue weighted by Crippen LogP contribution is -2.17. The van der Waals surface area contributed by atoms with Crippen molar-refractivity contribution in [3.8, 4) is 0 Å². The van der Waals surface area contributed by atoms with Crippen LogP contribution < -0.4 is 5.32 Å². The molecule has 0 amide bonds. The minimum absolute atomic E-state index is 0.164. The maximum absolute atomic E-state index is 5.67. The van der Waals surface area contributed by atoms with Crippen molar-refractivity contribution in [3.63, 3.8) is 0 Å². The first-order valence-electron chi connectivity index (χ1n) is 6.92. The number of rotatable bonds is 3. The highest BCUT2D eigenvalue weighted by atomic mass is 16.3. The number of benzene rings is 2. The standard InChI is InChI=1S/C18H19NO/c1-12-10-17(13(2)20-12)18(19-3)16-9-8-14-6-4-5-7-15(14)11-16/h4-11,18-19H,1-3H3. The van der Waals surface area contributed by atoms with Gasteiger partial charge in [-0.05, 0) is 49.4 Å². The molecule has 0 spiro atoms. The Morgan fingerprint density at radius 2 is 1.70 bits per heavy atom. The second kappa shape index (κ2) is 5.14. The Labute approximate surface area is 119 Å². The van der Waals surface area contributed by atoms with Gasteiger partial charge in [0, 0.05) is 5.56 Å². The Morgan fingerprint density at radius 3 is 2.35 bits per heavy atom. The van der Waals surface area contributed by atoms with E-state index in [1.54, 1.807) is 0 Å². The molecule has 3 aromatic rings. The number of fused-ring (bicyclic) bond motifs is 1. The summed E-state index contributed by atoms with van der Waals surface area (Å²) < 4.78 is 5.67. The molecule has 0 bridgehead atoms. The zero-order valence-corrected chi connectivity index (χ0v) is 12.1. The van der Waals surface area contributed by atoms with Gasteiger partial charge in [0.1, 0.15) is 11.5 Å². The van der Waals surface area contributed by atoms with Crippen molar-refractivity contribution in [2.24, 2.45) is 0 Å². The Hall–Kier alpha value is -2.06. The first-order chi connectivity index (χ1) is 9.69. The van der Waals surface area contributed by atoms with Gasteiger partial charge in [-0.3, -0.25) is 0 Å². The van der Waals surface area contributed by atoms with E-state index >= 15 is 0 Å². The fraction of sp³-hybridized carbons (Fsp3) is 0.222. The van der Waals surface area contributed by atoms with Gasteiger partial charge in [0.15, 0.2) is 0 Å². The summed E-state index contributed by atoms with van der Waals surface area (Å²) in [6, 6.07) is 17.3. The van der Waals surface area contributed by atoms with E-state index in [4.69, 9.17) is 4.42 Å². The van der Waals surface area contributed by atoms with Crippen molar-refractivity contribution in [1.29, 1.82) is 0 Å². The summed E-state index contributed by atoms with van der Waals surface area (Å²) in [6.07, 6.45) is 0. The van der Waals surface area contributed by atoms with E-state index in [9.17, 15) is 0 Å². The summed E-state index contributed by atoms with van der Waals surface area (Å²) in [6.45, 7) is 4.01. The lowest BCUT2D eigenvalue weighted by Gasteiger charge is -2.16. The third-order valence-electron chi connectivity index (χ3n) is 3.79. The highest BCUT2D eigenvalue weighted by Crippen LogP contribution is 2.29. The van der Waals surface area contributed by atoms with Gasteiger partial charge in [0.05, 0.1) is 6.04 Å². The van der Waals surface area contributed by atoms with Crippen LogP contribution >= 0.6 is 0 Å². The molecule has 102 valence electrons. The molecule has 1 atom stereocenters. The number of nitrogens with one attached hydrogen (secondary N) is 1. The molecule has 0 saturated carbocycles. The molecule has 1 heterocycles. The average Bonchev–Trinajstić information content (AvgIpc) is 2.78. The summed E-state index contributed by atoms with van der Waals surface area (Å²) in [5, 5.41) is 5.93. The smallest absolute Gasteiger partial charge is 0.106 e. The molecule has 2 nitrogen and oxygen atoms in total. The van der Waals surface area contributed by atoms with Crippen LogP contribution in [0.2, 0.25) is 0 Å². The van der Waals surface area contributed by atoms with Gasteiger partial charge >= 0.3 is 0 Å². The molecule has 2 aromatic carbocycles. The zero-order chi connectivity index (χ0) is 14.1. The maximum Gasteiger partial charge on any atom is 0.106 e.